The Morgan fingerprint density at radius 1 is 1.33 bits per heavy atom. The lowest BCUT2D eigenvalue weighted by Gasteiger charge is -2.28. The maximum Gasteiger partial charge on any atom is 0.271 e. The number of anilines is 1. The summed E-state index contributed by atoms with van der Waals surface area (Å²) in [5.41, 5.74) is 0.478. The molecule has 0 aromatic carbocycles. The first-order chi connectivity index (χ1) is 8.34. The first-order valence-corrected chi connectivity index (χ1v) is 6.23. The predicted octanol–water partition coefficient (Wildman–Crippen LogP) is 2.07. The number of carbonyl (C=O) groups excluding carboxylic acids is 1. The van der Waals surface area contributed by atoms with Crippen LogP contribution in [0.1, 0.15) is 45.1 Å². The number of hydrogen-bond acceptors (Lipinski definition) is 4. The first kappa shape index (κ1) is 14.4. The smallest absolute Gasteiger partial charge is 0.271 e. The van der Waals surface area contributed by atoms with Crippen LogP contribution in [0.4, 0.5) is 5.82 Å². The van der Waals surface area contributed by atoms with Crippen molar-refractivity contribution in [1.29, 1.82) is 0 Å². The standard InChI is InChI=1S/C13H22N4O/c1-6-14-12(18)10-7-8-11(17-16-10)15-9(2)13(3,4)5/h7-9H,6H2,1-5H3,(H,14,18)(H,15,17). The van der Waals surface area contributed by atoms with Gasteiger partial charge in [0.1, 0.15) is 5.82 Å². The van der Waals surface area contributed by atoms with Crippen LogP contribution in [0, 0.1) is 5.41 Å². The molecule has 1 amide bonds. The van der Waals surface area contributed by atoms with Crippen molar-refractivity contribution in [3.63, 3.8) is 0 Å². The third-order valence-electron chi connectivity index (χ3n) is 2.90. The number of carbonyl (C=O) groups is 1. The average Bonchev–Trinajstić information content (AvgIpc) is 2.29. The topological polar surface area (TPSA) is 66.9 Å². The van der Waals surface area contributed by atoms with E-state index in [1.54, 1.807) is 12.1 Å². The Balaban J connectivity index is 2.69. The Labute approximate surface area is 108 Å². The van der Waals surface area contributed by atoms with Crippen molar-refractivity contribution in [2.24, 2.45) is 5.41 Å². The van der Waals surface area contributed by atoms with Gasteiger partial charge in [-0.3, -0.25) is 4.79 Å². The number of rotatable bonds is 4. The van der Waals surface area contributed by atoms with Gasteiger partial charge in [-0.25, -0.2) is 0 Å². The second kappa shape index (κ2) is 5.80. The summed E-state index contributed by atoms with van der Waals surface area (Å²) in [6.07, 6.45) is 0. The number of aromatic nitrogens is 2. The fourth-order valence-corrected chi connectivity index (χ4v) is 1.22. The zero-order chi connectivity index (χ0) is 13.8. The van der Waals surface area contributed by atoms with Crippen LogP contribution in [-0.2, 0) is 0 Å². The molecule has 1 heterocycles. The molecule has 0 radical (unpaired) electrons. The molecule has 0 aliphatic rings. The Morgan fingerprint density at radius 2 is 2.00 bits per heavy atom. The lowest BCUT2D eigenvalue weighted by Crippen LogP contribution is -2.31. The summed E-state index contributed by atoms with van der Waals surface area (Å²) in [5.74, 6) is 0.492. The summed E-state index contributed by atoms with van der Waals surface area (Å²) in [7, 11) is 0. The van der Waals surface area contributed by atoms with Crippen molar-refractivity contribution in [3.8, 4) is 0 Å². The van der Waals surface area contributed by atoms with Gasteiger partial charge >= 0.3 is 0 Å². The molecule has 2 N–H and O–H groups in total. The second-order valence-corrected chi connectivity index (χ2v) is 5.40. The van der Waals surface area contributed by atoms with Gasteiger partial charge in [0.2, 0.25) is 0 Å². The van der Waals surface area contributed by atoms with Gasteiger partial charge < -0.3 is 10.6 Å². The lowest BCUT2D eigenvalue weighted by atomic mass is 9.88. The second-order valence-electron chi connectivity index (χ2n) is 5.40. The van der Waals surface area contributed by atoms with Crippen LogP contribution in [0.25, 0.3) is 0 Å². The summed E-state index contributed by atoms with van der Waals surface area (Å²) in [5, 5.41) is 13.9. The van der Waals surface area contributed by atoms with Crippen LogP contribution >= 0.6 is 0 Å². The van der Waals surface area contributed by atoms with Crippen molar-refractivity contribution in [3.05, 3.63) is 17.8 Å². The summed E-state index contributed by atoms with van der Waals surface area (Å²) in [6.45, 7) is 11.0. The highest BCUT2D eigenvalue weighted by Crippen LogP contribution is 2.21. The van der Waals surface area contributed by atoms with Crippen molar-refractivity contribution in [2.75, 3.05) is 11.9 Å². The van der Waals surface area contributed by atoms with E-state index in [0.29, 0.717) is 18.1 Å². The Hall–Kier alpha value is -1.65. The summed E-state index contributed by atoms with van der Waals surface area (Å²) in [4.78, 5) is 11.5. The van der Waals surface area contributed by atoms with Gasteiger partial charge in [0.25, 0.3) is 5.91 Å². The van der Waals surface area contributed by atoms with Gasteiger partial charge in [0, 0.05) is 12.6 Å². The molecule has 100 valence electrons. The van der Waals surface area contributed by atoms with Crippen LogP contribution < -0.4 is 10.6 Å². The normalized spacial score (nSPS) is 12.9. The molecule has 0 saturated carbocycles. The summed E-state index contributed by atoms with van der Waals surface area (Å²) < 4.78 is 0. The van der Waals surface area contributed by atoms with Gasteiger partial charge in [-0.1, -0.05) is 20.8 Å². The fourth-order valence-electron chi connectivity index (χ4n) is 1.22. The van der Waals surface area contributed by atoms with E-state index in [-0.39, 0.29) is 17.4 Å². The Morgan fingerprint density at radius 3 is 2.44 bits per heavy atom. The van der Waals surface area contributed by atoms with Gasteiger partial charge in [-0.05, 0) is 31.4 Å². The van der Waals surface area contributed by atoms with Gasteiger partial charge in [0.15, 0.2) is 5.69 Å². The molecule has 1 rings (SSSR count). The molecule has 0 fully saturated rings. The first-order valence-electron chi connectivity index (χ1n) is 6.23. The minimum atomic E-state index is -0.194. The van der Waals surface area contributed by atoms with Gasteiger partial charge in [-0.15, -0.1) is 10.2 Å². The van der Waals surface area contributed by atoms with Crippen molar-refractivity contribution < 1.29 is 4.79 Å². The van der Waals surface area contributed by atoms with E-state index >= 15 is 0 Å². The van der Waals surface area contributed by atoms with E-state index in [0.717, 1.165) is 0 Å². The predicted molar refractivity (Wildman–Crippen MR) is 72.6 cm³/mol. The molecule has 18 heavy (non-hydrogen) atoms. The van der Waals surface area contributed by atoms with Gasteiger partial charge in [-0.2, -0.15) is 0 Å². The molecule has 0 aliphatic carbocycles. The summed E-state index contributed by atoms with van der Waals surface area (Å²) in [6, 6.07) is 3.72. The molecule has 0 saturated heterocycles. The third-order valence-corrected chi connectivity index (χ3v) is 2.90. The van der Waals surface area contributed by atoms with Crippen molar-refractivity contribution in [1.82, 2.24) is 15.5 Å². The number of amides is 1. The van der Waals surface area contributed by atoms with E-state index in [2.05, 4.69) is 48.5 Å². The number of nitrogens with zero attached hydrogens (tertiary/aromatic N) is 2. The van der Waals surface area contributed by atoms with E-state index in [9.17, 15) is 4.79 Å². The fraction of sp³-hybridized carbons (Fsp3) is 0.615. The number of hydrogen-bond donors (Lipinski definition) is 2. The van der Waals surface area contributed by atoms with E-state index < -0.39 is 0 Å². The molecular weight excluding hydrogens is 228 g/mol. The number of nitrogens with one attached hydrogen (secondary N) is 2. The summed E-state index contributed by atoms with van der Waals surface area (Å²) >= 11 is 0. The van der Waals surface area contributed by atoms with Gasteiger partial charge in [0.05, 0.1) is 0 Å². The molecule has 5 heteroatoms. The Bertz CT molecular complexity index is 394. The zero-order valence-corrected chi connectivity index (χ0v) is 11.7. The largest absolute Gasteiger partial charge is 0.366 e. The van der Waals surface area contributed by atoms with Crippen LogP contribution in [0.5, 0.6) is 0 Å². The lowest BCUT2D eigenvalue weighted by molar-refractivity contribution is 0.0950. The SMILES string of the molecule is CCNC(=O)c1ccc(NC(C)C(C)(C)C)nn1. The third kappa shape index (κ3) is 3.98. The quantitative estimate of drug-likeness (QED) is 0.858. The monoisotopic (exact) mass is 250 g/mol. The van der Waals surface area contributed by atoms with Crippen molar-refractivity contribution >= 4 is 11.7 Å². The highest BCUT2D eigenvalue weighted by Gasteiger charge is 2.20. The highest BCUT2D eigenvalue weighted by atomic mass is 16.1. The van der Waals surface area contributed by atoms with Crippen LogP contribution in [0.3, 0.4) is 0 Å². The van der Waals surface area contributed by atoms with E-state index in [1.807, 2.05) is 6.92 Å². The minimum Gasteiger partial charge on any atom is -0.366 e. The molecule has 1 atom stereocenters. The Kier molecular flexibility index (Phi) is 4.64. The van der Waals surface area contributed by atoms with Crippen LogP contribution in [-0.4, -0.2) is 28.7 Å². The maximum atomic E-state index is 11.5. The zero-order valence-electron chi connectivity index (χ0n) is 11.7. The molecule has 0 spiro atoms. The molecule has 5 nitrogen and oxygen atoms in total. The maximum absolute atomic E-state index is 11.5. The van der Waals surface area contributed by atoms with Crippen LogP contribution in [0.2, 0.25) is 0 Å². The van der Waals surface area contributed by atoms with E-state index in [1.165, 1.54) is 0 Å². The average molecular weight is 250 g/mol. The molecule has 1 aromatic heterocycles. The van der Waals surface area contributed by atoms with Crippen LogP contribution in [0.15, 0.2) is 12.1 Å². The molecular formula is C13H22N4O. The minimum absolute atomic E-state index is 0.139. The highest BCUT2D eigenvalue weighted by molar-refractivity contribution is 5.92. The van der Waals surface area contributed by atoms with Crippen molar-refractivity contribution in [2.45, 2.75) is 40.7 Å². The molecule has 1 aromatic rings. The molecule has 1 unspecified atom stereocenters. The molecule has 0 bridgehead atoms. The van der Waals surface area contributed by atoms with E-state index in [4.69, 9.17) is 0 Å². The molecule has 0 aliphatic heterocycles.